The van der Waals surface area contributed by atoms with Gasteiger partial charge in [0, 0.05) is 5.57 Å². The molecule has 0 aliphatic rings. The third-order valence-corrected chi connectivity index (χ3v) is 1.45. The van der Waals surface area contributed by atoms with E-state index in [2.05, 4.69) is 0 Å². The van der Waals surface area contributed by atoms with Gasteiger partial charge in [-0.3, -0.25) is 0 Å². The minimum absolute atomic E-state index is 0.972. The van der Waals surface area contributed by atoms with E-state index in [4.69, 9.17) is 5.11 Å². The number of halogens is 3. The predicted octanol–water partition coefficient (Wildman–Crippen LogP) is 2.61. The Morgan fingerprint density at radius 2 is 1.69 bits per heavy atom. The van der Waals surface area contributed by atoms with Gasteiger partial charge in [0.2, 0.25) is 5.83 Å². The molecule has 1 N–H and O–H groups in total. The van der Waals surface area contributed by atoms with Crippen LogP contribution in [0.2, 0.25) is 0 Å². The maximum atomic E-state index is 12.7. The molecule has 0 saturated heterocycles. The maximum Gasteiger partial charge on any atom is 0.364 e. The largest absolute Gasteiger partial charge is 0.476 e. The van der Waals surface area contributed by atoms with Crippen LogP contribution in [0.25, 0.3) is 0 Å². The van der Waals surface area contributed by atoms with Crippen LogP contribution in [-0.4, -0.2) is 17.5 Å². The summed E-state index contributed by atoms with van der Waals surface area (Å²) in [5, 5.41) is 8.20. The molecule has 0 radical (unpaired) electrons. The topological polar surface area (TPSA) is 37.3 Å². The first-order valence-corrected chi connectivity index (χ1v) is 3.59. The molecule has 0 rings (SSSR count). The number of alkyl halides is 2. The quantitative estimate of drug-likeness (QED) is 0.689. The van der Waals surface area contributed by atoms with Crippen LogP contribution in [0.1, 0.15) is 20.8 Å². The molecule has 13 heavy (non-hydrogen) atoms. The van der Waals surface area contributed by atoms with Crippen molar-refractivity contribution in [1.82, 2.24) is 0 Å². The molecule has 76 valence electrons. The zero-order valence-corrected chi connectivity index (χ0v) is 7.57. The van der Waals surface area contributed by atoms with E-state index < -0.39 is 29.2 Å². The first-order valence-electron chi connectivity index (χ1n) is 3.59. The third-order valence-electron chi connectivity index (χ3n) is 1.45. The van der Waals surface area contributed by atoms with Crippen molar-refractivity contribution in [2.45, 2.75) is 27.2 Å². The van der Waals surface area contributed by atoms with Crippen LogP contribution >= 0.6 is 0 Å². The minimum Gasteiger partial charge on any atom is -0.476 e. The molecule has 0 aromatic carbocycles. The molecular weight excluding hydrogens is 185 g/mol. The number of aliphatic carboxylic acids is 1. The molecule has 0 atom stereocenters. The van der Waals surface area contributed by atoms with Gasteiger partial charge in [-0.05, 0) is 5.41 Å². The lowest BCUT2D eigenvalue weighted by molar-refractivity contribution is -0.134. The second-order valence-corrected chi connectivity index (χ2v) is 3.58. The molecule has 0 aliphatic heterocycles. The average molecular weight is 196 g/mol. The summed E-state index contributed by atoms with van der Waals surface area (Å²) in [6, 6.07) is 0. The second kappa shape index (κ2) is 3.81. The van der Waals surface area contributed by atoms with E-state index in [1.165, 1.54) is 20.8 Å². The van der Waals surface area contributed by atoms with Gasteiger partial charge in [-0.2, -0.15) is 4.39 Å². The number of hydrogen-bond donors (Lipinski definition) is 1. The number of hydrogen-bond acceptors (Lipinski definition) is 1. The standard InChI is InChI=1S/C8H11F3O2/c1-8(2,3)4(6(10)11)5(9)7(12)13/h6H,1-3H3,(H,12,13). The van der Waals surface area contributed by atoms with Crippen molar-refractivity contribution in [3.8, 4) is 0 Å². The van der Waals surface area contributed by atoms with Crippen LogP contribution < -0.4 is 0 Å². The molecular formula is C8H11F3O2. The zero-order valence-electron chi connectivity index (χ0n) is 7.57. The molecule has 0 aromatic heterocycles. The van der Waals surface area contributed by atoms with Crippen molar-refractivity contribution in [2.24, 2.45) is 5.41 Å². The highest BCUT2D eigenvalue weighted by atomic mass is 19.3. The maximum absolute atomic E-state index is 12.7. The van der Waals surface area contributed by atoms with Crippen molar-refractivity contribution in [3.05, 3.63) is 11.4 Å². The van der Waals surface area contributed by atoms with Gasteiger partial charge >= 0.3 is 5.97 Å². The lowest BCUT2D eigenvalue weighted by atomic mass is 9.86. The SMILES string of the molecule is CC(C)(C)C(=C(F)C(=O)O)C(F)F. The van der Waals surface area contributed by atoms with Gasteiger partial charge < -0.3 is 5.11 Å². The molecule has 0 amide bonds. The van der Waals surface area contributed by atoms with Gasteiger partial charge in [-0.1, -0.05) is 20.8 Å². The van der Waals surface area contributed by atoms with E-state index in [0.717, 1.165) is 0 Å². The van der Waals surface area contributed by atoms with E-state index in [-0.39, 0.29) is 0 Å². The van der Waals surface area contributed by atoms with E-state index in [1.807, 2.05) is 0 Å². The Balaban J connectivity index is 5.26. The Hall–Kier alpha value is -1.00. The molecule has 0 heterocycles. The van der Waals surface area contributed by atoms with Crippen molar-refractivity contribution >= 4 is 5.97 Å². The van der Waals surface area contributed by atoms with E-state index in [9.17, 15) is 18.0 Å². The van der Waals surface area contributed by atoms with Crippen LogP contribution in [0.15, 0.2) is 11.4 Å². The number of rotatable bonds is 2. The molecule has 0 spiro atoms. The van der Waals surface area contributed by atoms with Crippen molar-refractivity contribution in [3.63, 3.8) is 0 Å². The number of carboxylic acid groups (broad SMARTS) is 1. The monoisotopic (exact) mass is 196 g/mol. The molecule has 2 nitrogen and oxygen atoms in total. The third kappa shape index (κ3) is 3.08. The Morgan fingerprint density at radius 3 is 1.77 bits per heavy atom. The van der Waals surface area contributed by atoms with Gasteiger partial charge in [-0.25, -0.2) is 13.6 Å². The molecule has 0 fully saturated rings. The molecule has 5 heteroatoms. The smallest absolute Gasteiger partial charge is 0.364 e. The average Bonchev–Trinajstić information content (AvgIpc) is 1.82. The van der Waals surface area contributed by atoms with Gasteiger partial charge in [0.1, 0.15) is 0 Å². The van der Waals surface area contributed by atoms with E-state index in [0.29, 0.717) is 0 Å². The number of allylic oxidation sites excluding steroid dienone is 1. The van der Waals surface area contributed by atoms with E-state index in [1.54, 1.807) is 0 Å². The van der Waals surface area contributed by atoms with Gasteiger partial charge in [0.15, 0.2) is 0 Å². The normalized spacial score (nSPS) is 14.4. The lowest BCUT2D eigenvalue weighted by Crippen LogP contribution is -2.20. The number of carbonyl (C=O) groups is 1. The van der Waals surface area contributed by atoms with Crippen LogP contribution in [0.4, 0.5) is 13.2 Å². The Bertz CT molecular complexity index is 238. The summed E-state index contributed by atoms with van der Waals surface area (Å²) >= 11 is 0. The fourth-order valence-electron chi connectivity index (χ4n) is 0.868. The molecule has 0 aliphatic carbocycles. The van der Waals surface area contributed by atoms with Crippen molar-refractivity contribution < 1.29 is 23.1 Å². The molecule has 0 bridgehead atoms. The highest BCUT2D eigenvalue weighted by Gasteiger charge is 2.32. The van der Waals surface area contributed by atoms with Crippen LogP contribution in [0, 0.1) is 5.41 Å². The Kier molecular flexibility index (Phi) is 3.51. The minimum atomic E-state index is -3.09. The van der Waals surface area contributed by atoms with Gasteiger partial charge in [0.25, 0.3) is 6.43 Å². The fourth-order valence-corrected chi connectivity index (χ4v) is 0.868. The van der Waals surface area contributed by atoms with Crippen LogP contribution in [0.3, 0.4) is 0 Å². The zero-order chi connectivity index (χ0) is 10.8. The highest BCUT2D eigenvalue weighted by molar-refractivity contribution is 5.85. The molecule has 0 unspecified atom stereocenters. The predicted molar refractivity (Wildman–Crippen MR) is 41.2 cm³/mol. The fraction of sp³-hybridized carbons (Fsp3) is 0.625. The summed E-state index contributed by atoms with van der Waals surface area (Å²) in [5.41, 5.74) is -2.16. The van der Waals surface area contributed by atoms with Gasteiger partial charge in [0.05, 0.1) is 0 Å². The van der Waals surface area contributed by atoms with E-state index >= 15 is 0 Å². The second-order valence-electron chi connectivity index (χ2n) is 3.58. The Labute approximate surface area is 74.1 Å². The first kappa shape index (κ1) is 12.0. The lowest BCUT2D eigenvalue weighted by Gasteiger charge is -2.21. The summed E-state index contributed by atoms with van der Waals surface area (Å²) in [6.07, 6.45) is -3.09. The van der Waals surface area contributed by atoms with Crippen LogP contribution in [0.5, 0.6) is 0 Å². The summed E-state index contributed by atoms with van der Waals surface area (Å²) < 4.78 is 37.2. The Morgan fingerprint density at radius 1 is 1.31 bits per heavy atom. The number of carboxylic acids is 1. The summed E-state index contributed by atoms with van der Waals surface area (Å²) in [6.45, 7) is 3.99. The highest BCUT2D eigenvalue weighted by Crippen LogP contribution is 2.33. The molecule has 0 aromatic rings. The summed E-state index contributed by atoms with van der Waals surface area (Å²) in [5.74, 6) is -3.72. The summed E-state index contributed by atoms with van der Waals surface area (Å²) in [7, 11) is 0. The first-order chi connectivity index (χ1) is 5.68. The van der Waals surface area contributed by atoms with Crippen molar-refractivity contribution in [1.29, 1.82) is 0 Å². The summed E-state index contributed by atoms with van der Waals surface area (Å²) in [4.78, 5) is 10.1. The van der Waals surface area contributed by atoms with Crippen LogP contribution in [-0.2, 0) is 4.79 Å². The van der Waals surface area contributed by atoms with Gasteiger partial charge in [-0.15, -0.1) is 0 Å². The van der Waals surface area contributed by atoms with Crippen molar-refractivity contribution in [2.75, 3.05) is 0 Å². The molecule has 0 saturated carbocycles.